The molecule has 0 spiro atoms. The molecule has 274 valence electrons. The van der Waals surface area contributed by atoms with E-state index in [0.29, 0.717) is 0 Å². The highest BCUT2D eigenvalue weighted by Crippen LogP contribution is 2.57. The molecule has 0 atom stereocenters. The Morgan fingerprint density at radius 2 is 0.898 bits per heavy atom. The van der Waals surface area contributed by atoms with Crippen molar-refractivity contribution in [2.24, 2.45) is 0 Å². The lowest BCUT2D eigenvalue weighted by atomic mass is 9.83. The molecular weight excluding hydrogens is 711 g/mol. The summed E-state index contributed by atoms with van der Waals surface area (Å²) in [5.41, 5.74) is 11.4. The molecule has 0 saturated heterocycles. The van der Waals surface area contributed by atoms with E-state index < -0.39 is 0 Å². The fraction of sp³-hybridized carbons (Fsp3) is 0.0345. The smallest absolute Gasteiger partial charge is 0.0546 e. The molecule has 1 nitrogen and oxygen atoms in total. The van der Waals surface area contributed by atoms with Crippen molar-refractivity contribution in [3.63, 3.8) is 0 Å². The first kappa shape index (κ1) is 32.6. The quantitative estimate of drug-likeness (QED) is 0.159. The van der Waals surface area contributed by atoms with Crippen LogP contribution in [0, 0.1) is 0 Å². The van der Waals surface area contributed by atoms with Crippen molar-refractivity contribution in [1.29, 1.82) is 0 Å². The van der Waals surface area contributed by atoms with Crippen molar-refractivity contribution in [2.45, 2.75) is 12.8 Å². The molecule has 0 amide bonds. The van der Waals surface area contributed by atoms with Crippen LogP contribution in [0.5, 0.6) is 0 Å². The number of fused-ring (bicyclic) bond motifs is 10. The van der Waals surface area contributed by atoms with Crippen LogP contribution in [0.4, 0.5) is 17.1 Å². The van der Waals surface area contributed by atoms with Gasteiger partial charge in [0.05, 0.1) is 5.69 Å². The molecule has 0 radical (unpaired) electrons. The highest BCUT2D eigenvalue weighted by molar-refractivity contribution is 6.45. The molecule has 0 N–H and O–H groups in total. The van der Waals surface area contributed by atoms with Crippen LogP contribution in [0.1, 0.15) is 17.5 Å². The van der Waals surface area contributed by atoms with Gasteiger partial charge in [-0.3, -0.25) is 0 Å². The van der Waals surface area contributed by atoms with Gasteiger partial charge in [0.2, 0.25) is 0 Å². The molecule has 0 fully saturated rings. The summed E-state index contributed by atoms with van der Waals surface area (Å²) in [6.07, 6.45) is 6.83. The van der Waals surface area contributed by atoms with Crippen LogP contribution in [0.25, 0.3) is 104 Å². The van der Waals surface area contributed by atoms with Gasteiger partial charge in [0.25, 0.3) is 0 Å². The predicted octanol–water partition coefficient (Wildman–Crippen LogP) is 16.4. The normalized spacial score (nSPS) is 12.9. The molecule has 1 aliphatic carbocycles. The summed E-state index contributed by atoms with van der Waals surface area (Å²) in [7, 11) is 0. The lowest BCUT2D eigenvalue weighted by Crippen LogP contribution is -2.11. The van der Waals surface area contributed by atoms with E-state index in [1.165, 1.54) is 114 Å². The zero-order valence-electron chi connectivity index (χ0n) is 32.4. The molecule has 12 aromatic carbocycles. The van der Waals surface area contributed by atoms with E-state index in [1.807, 2.05) is 0 Å². The molecule has 0 aromatic heterocycles. The summed E-state index contributed by atoms with van der Waals surface area (Å²) < 4.78 is 0. The number of allylic oxidation sites excluding steroid dienone is 1. The zero-order chi connectivity index (χ0) is 38.6. The first-order valence-electron chi connectivity index (χ1n) is 20.8. The Morgan fingerprint density at radius 1 is 0.339 bits per heavy atom. The standard InChI is InChI=1S/C58H37N/c1-5-18-36(19-6-1)51-49-35-47-43-29-16-15-28-42(43)44-30-17-31-45(53(44)47)54(49)52(37-20-7-2-8-21-37)58-48-34-38-22-13-14-27-41(38)56-50(33-32-46(55(48)56)57(51)58)59(39-23-9-3-10-24-39)40-25-11-4-12-26-40/h1-12,14-21,23-35H,13,22H2. The average Bonchev–Trinajstić information content (AvgIpc) is 3.81. The third kappa shape index (κ3) is 4.56. The topological polar surface area (TPSA) is 3.24 Å². The Bertz CT molecular complexity index is 3580. The minimum atomic E-state index is 1.01. The van der Waals surface area contributed by atoms with Crippen LogP contribution < -0.4 is 4.90 Å². The number of hydrogen-bond acceptors (Lipinski definition) is 1. The Balaban J connectivity index is 1.31. The molecule has 12 aromatic rings. The number of nitrogens with zero attached hydrogens (tertiary/aromatic N) is 1. The van der Waals surface area contributed by atoms with Gasteiger partial charge in [-0.25, -0.2) is 0 Å². The second-order valence-electron chi connectivity index (χ2n) is 16.2. The molecule has 0 aliphatic heterocycles. The van der Waals surface area contributed by atoms with Crippen LogP contribution in [-0.2, 0) is 6.42 Å². The van der Waals surface area contributed by atoms with Crippen molar-refractivity contribution in [2.75, 3.05) is 4.90 Å². The molecule has 0 heterocycles. The maximum Gasteiger partial charge on any atom is 0.0546 e. The Hall–Kier alpha value is -7.48. The maximum atomic E-state index is 2.57. The zero-order valence-corrected chi connectivity index (χ0v) is 32.4. The highest BCUT2D eigenvalue weighted by Gasteiger charge is 2.29. The summed E-state index contributed by atoms with van der Waals surface area (Å²) in [4.78, 5) is 2.46. The van der Waals surface area contributed by atoms with E-state index in [9.17, 15) is 0 Å². The lowest BCUT2D eigenvalue weighted by molar-refractivity contribution is 0.992. The fourth-order valence-corrected chi connectivity index (χ4v) is 10.8. The largest absolute Gasteiger partial charge is 0.310 e. The second-order valence-corrected chi connectivity index (χ2v) is 16.2. The second kappa shape index (κ2) is 12.5. The predicted molar refractivity (Wildman–Crippen MR) is 254 cm³/mol. The molecule has 59 heavy (non-hydrogen) atoms. The van der Waals surface area contributed by atoms with Gasteiger partial charge in [0.15, 0.2) is 0 Å². The molecule has 1 heteroatoms. The highest BCUT2D eigenvalue weighted by atomic mass is 15.1. The van der Waals surface area contributed by atoms with Gasteiger partial charge < -0.3 is 4.90 Å². The molecular formula is C58H37N. The van der Waals surface area contributed by atoms with Crippen LogP contribution in [0.15, 0.2) is 194 Å². The minimum absolute atomic E-state index is 1.01. The number of anilines is 3. The number of aryl methyl sites for hydroxylation is 1. The van der Waals surface area contributed by atoms with Crippen molar-refractivity contribution in [3.05, 3.63) is 205 Å². The maximum absolute atomic E-state index is 2.57. The van der Waals surface area contributed by atoms with Gasteiger partial charge in [-0.2, -0.15) is 0 Å². The van der Waals surface area contributed by atoms with Gasteiger partial charge in [0, 0.05) is 22.1 Å². The van der Waals surface area contributed by atoms with Crippen LogP contribution in [0.3, 0.4) is 0 Å². The SMILES string of the molecule is C1=Cc2c(cc3c4c(-c5ccccc5)c5c(cc6c7ccccc7c7cccc5c76)c(-c5ccccc5)c4c4ccc(N(c5ccccc5)c5ccccc5)c2c43)CC1. The average molecular weight is 748 g/mol. The van der Waals surface area contributed by atoms with E-state index in [4.69, 9.17) is 0 Å². The summed E-state index contributed by atoms with van der Waals surface area (Å²) in [6, 6.07) is 70.1. The third-order valence-corrected chi connectivity index (χ3v) is 13.1. The van der Waals surface area contributed by atoms with Gasteiger partial charge in [0.1, 0.15) is 0 Å². The summed E-state index contributed by atoms with van der Waals surface area (Å²) in [5.74, 6) is 0. The molecule has 1 aliphatic rings. The molecule has 0 unspecified atom stereocenters. The first-order valence-corrected chi connectivity index (χ1v) is 20.8. The van der Waals surface area contributed by atoms with Gasteiger partial charge >= 0.3 is 0 Å². The van der Waals surface area contributed by atoms with Crippen LogP contribution in [0.2, 0.25) is 0 Å². The van der Waals surface area contributed by atoms with Crippen LogP contribution in [-0.4, -0.2) is 0 Å². The number of benzene rings is 10. The third-order valence-electron chi connectivity index (χ3n) is 13.1. The lowest BCUT2D eigenvalue weighted by Gasteiger charge is -2.28. The van der Waals surface area contributed by atoms with Crippen molar-refractivity contribution >= 4 is 98.5 Å². The Labute approximate surface area is 342 Å². The van der Waals surface area contributed by atoms with Crippen LogP contribution >= 0.6 is 0 Å². The van der Waals surface area contributed by atoms with Crippen molar-refractivity contribution < 1.29 is 0 Å². The van der Waals surface area contributed by atoms with E-state index in [-0.39, 0.29) is 0 Å². The number of hydrogen-bond donors (Lipinski definition) is 0. The monoisotopic (exact) mass is 747 g/mol. The Morgan fingerprint density at radius 3 is 1.59 bits per heavy atom. The summed E-state index contributed by atoms with van der Waals surface area (Å²) >= 11 is 0. The number of rotatable bonds is 5. The first-order chi connectivity index (χ1) is 29.3. The molecule has 13 rings (SSSR count). The summed E-state index contributed by atoms with van der Waals surface area (Å²) in [6.45, 7) is 0. The van der Waals surface area contributed by atoms with Crippen molar-refractivity contribution in [1.82, 2.24) is 0 Å². The van der Waals surface area contributed by atoms with E-state index in [0.717, 1.165) is 24.2 Å². The Kier molecular flexibility index (Phi) is 6.91. The van der Waals surface area contributed by atoms with Gasteiger partial charge in [-0.15, -0.1) is 0 Å². The fourth-order valence-electron chi connectivity index (χ4n) is 10.8. The van der Waals surface area contributed by atoms with Gasteiger partial charge in [-0.1, -0.05) is 158 Å². The van der Waals surface area contributed by atoms with Gasteiger partial charge in [-0.05, 0) is 153 Å². The summed E-state index contributed by atoms with van der Waals surface area (Å²) in [5, 5.41) is 18.6. The van der Waals surface area contributed by atoms with E-state index in [1.54, 1.807) is 0 Å². The van der Waals surface area contributed by atoms with E-state index >= 15 is 0 Å². The molecule has 0 bridgehead atoms. The van der Waals surface area contributed by atoms with Crippen molar-refractivity contribution in [3.8, 4) is 22.3 Å². The molecule has 0 saturated carbocycles. The van der Waals surface area contributed by atoms with E-state index in [2.05, 4.69) is 205 Å². The number of para-hydroxylation sites is 2. The minimum Gasteiger partial charge on any atom is -0.310 e.